The smallest absolute Gasteiger partial charge is 0.234 e. The van der Waals surface area contributed by atoms with Crippen LogP contribution in [0.5, 0.6) is 0 Å². The van der Waals surface area contributed by atoms with Gasteiger partial charge in [0.15, 0.2) is 0 Å². The number of amides is 1. The minimum atomic E-state index is -0.0844. The van der Waals surface area contributed by atoms with E-state index in [1.165, 1.54) is 0 Å². The summed E-state index contributed by atoms with van der Waals surface area (Å²) in [6.07, 6.45) is 0. The highest BCUT2D eigenvalue weighted by Gasteiger charge is 2.10. The fourth-order valence-electron chi connectivity index (χ4n) is 2.08. The van der Waals surface area contributed by atoms with Gasteiger partial charge >= 0.3 is 0 Å². The molecule has 0 aliphatic heterocycles. The summed E-state index contributed by atoms with van der Waals surface area (Å²) in [7, 11) is 0. The molecule has 0 heterocycles. The van der Waals surface area contributed by atoms with E-state index < -0.39 is 0 Å². The fourth-order valence-corrected chi connectivity index (χ4v) is 2.58. The number of rotatable bonds is 6. The zero-order valence-electron chi connectivity index (χ0n) is 12.3. The summed E-state index contributed by atoms with van der Waals surface area (Å²) in [5.74, 6) is -0.0844. The maximum atomic E-state index is 11.9. The molecule has 0 fully saturated rings. The van der Waals surface area contributed by atoms with Crippen molar-refractivity contribution in [1.82, 2.24) is 10.6 Å². The van der Waals surface area contributed by atoms with Crippen molar-refractivity contribution in [3.8, 4) is 0 Å². The minimum Gasteiger partial charge on any atom is -0.351 e. The van der Waals surface area contributed by atoms with Gasteiger partial charge in [-0.3, -0.25) is 4.79 Å². The molecule has 2 rings (SSSR count). The lowest BCUT2D eigenvalue weighted by molar-refractivity contribution is -0.120. The Bertz CT molecular complexity index is 646. The predicted molar refractivity (Wildman–Crippen MR) is 91.2 cm³/mol. The summed E-state index contributed by atoms with van der Waals surface area (Å²) in [6.45, 7) is 2.61. The van der Waals surface area contributed by atoms with Gasteiger partial charge in [-0.15, -0.1) is 0 Å². The van der Waals surface area contributed by atoms with Gasteiger partial charge < -0.3 is 10.6 Å². The zero-order valence-corrected chi connectivity index (χ0v) is 13.8. The van der Waals surface area contributed by atoms with Crippen molar-refractivity contribution in [2.24, 2.45) is 0 Å². The molecular formula is C17H18Cl2N2O. The molecule has 1 amide bonds. The van der Waals surface area contributed by atoms with Gasteiger partial charge in [-0.1, -0.05) is 59.6 Å². The average molecular weight is 337 g/mol. The van der Waals surface area contributed by atoms with Crippen LogP contribution in [0.1, 0.15) is 24.1 Å². The average Bonchev–Trinajstić information content (AvgIpc) is 2.52. The number of halogens is 2. The van der Waals surface area contributed by atoms with E-state index >= 15 is 0 Å². The van der Waals surface area contributed by atoms with Crippen molar-refractivity contribution in [1.29, 1.82) is 0 Å². The lowest BCUT2D eigenvalue weighted by Gasteiger charge is -2.15. The number of hydrogen-bond donors (Lipinski definition) is 2. The van der Waals surface area contributed by atoms with E-state index in [1.807, 2.05) is 49.4 Å². The molecule has 0 aliphatic rings. The molecule has 2 N–H and O–H groups in total. The molecule has 0 saturated carbocycles. The molecule has 0 saturated heterocycles. The van der Waals surface area contributed by atoms with Crippen molar-refractivity contribution < 1.29 is 4.79 Å². The molecule has 22 heavy (non-hydrogen) atoms. The first kappa shape index (κ1) is 16.8. The molecule has 0 aliphatic carbocycles. The Morgan fingerprint density at radius 3 is 2.36 bits per heavy atom. The van der Waals surface area contributed by atoms with Gasteiger partial charge in [0.05, 0.1) is 6.54 Å². The van der Waals surface area contributed by atoms with Crippen LogP contribution >= 0.6 is 23.2 Å². The largest absolute Gasteiger partial charge is 0.351 e. The van der Waals surface area contributed by atoms with E-state index in [1.54, 1.807) is 6.07 Å². The second kappa shape index (κ2) is 8.18. The van der Waals surface area contributed by atoms with Gasteiger partial charge in [0.1, 0.15) is 0 Å². The highest BCUT2D eigenvalue weighted by molar-refractivity contribution is 6.31. The van der Waals surface area contributed by atoms with Crippen LogP contribution in [0.4, 0.5) is 0 Å². The van der Waals surface area contributed by atoms with Gasteiger partial charge in [0.25, 0.3) is 0 Å². The number of nitrogens with one attached hydrogen (secondary N) is 2. The van der Waals surface area contributed by atoms with Gasteiger partial charge in [0.2, 0.25) is 5.91 Å². The summed E-state index contributed by atoms with van der Waals surface area (Å²) >= 11 is 12.2. The normalized spacial score (nSPS) is 12.0. The number of carbonyl (C=O) groups is 1. The van der Waals surface area contributed by atoms with E-state index in [9.17, 15) is 4.79 Å². The summed E-state index contributed by atoms with van der Waals surface area (Å²) in [5.41, 5.74) is 1.87. The Kier molecular flexibility index (Phi) is 6.25. The Labute approximate surface area is 140 Å². The highest BCUT2D eigenvalue weighted by Crippen LogP contribution is 2.21. The van der Waals surface area contributed by atoms with Crippen LogP contribution < -0.4 is 10.6 Å². The Morgan fingerprint density at radius 2 is 1.68 bits per heavy atom. The first-order valence-corrected chi connectivity index (χ1v) is 7.81. The Morgan fingerprint density at radius 1 is 1.05 bits per heavy atom. The summed E-state index contributed by atoms with van der Waals surface area (Å²) in [4.78, 5) is 11.9. The molecule has 1 unspecified atom stereocenters. The van der Waals surface area contributed by atoms with Crippen molar-refractivity contribution in [2.45, 2.75) is 19.5 Å². The lowest BCUT2D eigenvalue weighted by Crippen LogP contribution is -2.34. The van der Waals surface area contributed by atoms with E-state index in [4.69, 9.17) is 23.2 Å². The van der Waals surface area contributed by atoms with Crippen LogP contribution in [-0.4, -0.2) is 12.5 Å². The third-order valence-electron chi connectivity index (χ3n) is 3.37. The van der Waals surface area contributed by atoms with Crippen molar-refractivity contribution in [3.63, 3.8) is 0 Å². The monoisotopic (exact) mass is 336 g/mol. The van der Waals surface area contributed by atoms with Gasteiger partial charge in [-0.05, 0) is 30.2 Å². The second-order valence-corrected chi connectivity index (χ2v) is 5.81. The molecular weight excluding hydrogens is 319 g/mol. The van der Waals surface area contributed by atoms with Gasteiger partial charge in [0, 0.05) is 22.6 Å². The molecule has 0 bridgehead atoms. The third kappa shape index (κ3) is 4.73. The molecule has 0 aromatic heterocycles. The quantitative estimate of drug-likeness (QED) is 0.838. The lowest BCUT2D eigenvalue weighted by atomic mass is 10.1. The maximum Gasteiger partial charge on any atom is 0.234 e. The van der Waals surface area contributed by atoms with Crippen LogP contribution in [0, 0.1) is 0 Å². The predicted octanol–water partition coefficient (Wildman–Crippen LogP) is 3.96. The van der Waals surface area contributed by atoms with Crippen LogP contribution in [0.25, 0.3) is 0 Å². The fraction of sp³-hybridized carbons (Fsp3) is 0.235. The molecule has 116 valence electrons. The maximum absolute atomic E-state index is 11.9. The van der Waals surface area contributed by atoms with Crippen molar-refractivity contribution in [2.75, 3.05) is 6.54 Å². The Hall–Kier alpha value is -1.55. The van der Waals surface area contributed by atoms with Gasteiger partial charge in [-0.2, -0.15) is 0 Å². The summed E-state index contributed by atoms with van der Waals surface area (Å²) < 4.78 is 0. The summed E-state index contributed by atoms with van der Waals surface area (Å²) in [5, 5.41) is 7.35. The second-order valence-electron chi connectivity index (χ2n) is 4.99. The Balaban J connectivity index is 1.81. The topological polar surface area (TPSA) is 41.1 Å². The molecule has 2 aromatic rings. The van der Waals surface area contributed by atoms with Crippen LogP contribution in [0.15, 0.2) is 48.5 Å². The highest BCUT2D eigenvalue weighted by atomic mass is 35.5. The van der Waals surface area contributed by atoms with Crippen LogP contribution in [0.3, 0.4) is 0 Å². The number of hydrogen-bond acceptors (Lipinski definition) is 2. The van der Waals surface area contributed by atoms with E-state index in [-0.39, 0.29) is 18.5 Å². The summed E-state index contributed by atoms with van der Waals surface area (Å²) in [6, 6.07) is 15.1. The number of carbonyl (C=O) groups excluding carboxylic acids is 1. The van der Waals surface area contributed by atoms with E-state index in [2.05, 4.69) is 10.6 Å². The molecule has 0 radical (unpaired) electrons. The van der Waals surface area contributed by atoms with Crippen LogP contribution in [-0.2, 0) is 11.3 Å². The molecule has 2 aromatic carbocycles. The standard InChI is InChI=1S/C17H18Cl2N2O/c1-12(14-7-3-5-9-16(14)19)20-11-17(22)21-10-13-6-2-4-8-15(13)18/h2-9,12,20H,10-11H2,1H3,(H,21,22). The first-order valence-electron chi connectivity index (χ1n) is 7.06. The SMILES string of the molecule is CC(NCC(=O)NCc1ccccc1Cl)c1ccccc1Cl. The van der Waals surface area contributed by atoms with Crippen molar-refractivity contribution >= 4 is 29.1 Å². The van der Waals surface area contributed by atoms with Gasteiger partial charge in [-0.25, -0.2) is 0 Å². The molecule has 3 nitrogen and oxygen atoms in total. The molecule has 5 heteroatoms. The van der Waals surface area contributed by atoms with E-state index in [0.717, 1.165) is 11.1 Å². The zero-order chi connectivity index (χ0) is 15.9. The number of benzene rings is 2. The van der Waals surface area contributed by atoms with Crippen LogP contribution in [0.2, 0.25) is 10.0 Å². The molecule has 0 spiro atoms. The minimum absolute atomic E-state index is 0.000219. The van der Waals surface area contributed by atoms with Crippen molar-refractivity contribution in [3.05, 3.63) is 69.7 Å². The van der Waals surface area contributed by atoms with E-state index in [0.29, 0.717) is 16.6 Å². The molecule has 1 atom stereocenters. The first-order chi connectivity index (χ1) is 10.6. The third-order valence-corrected chi connectivity index (χ3v) is 4.09.